The molecular formula is C7H5N3OS. The minimum atomic E-state index is -0.117. The van der Waals surface area contributed by atoms with Crippen LogP contribution in [-0.2, 0) is 0 Å². The van der Waals surface area contributed by atoms with Gasteiger partial charge >= 0.3 is 0 Å². The zero-order valence-electron chi connectivity index (χ0n) is 6.02. The Morgan fingerprint density at radius 2 is 2.50 bits per heavy atom. The Balaban J connectivity index is 2.34. The van der Waals surface area contributed by atoms with Gasteiger partial charge in [-0.25, -0.2) is 4.98 Å². The van der Waals surface area contributed by atoms with Gasteiger partial charge in [-0.2, -0.15) is 16.4 Å². The first-order valence-electron chi connectivity index (χ1n) is 3.30. The first-order chi connectivity index (χ1) is 5.88. The molecule has 2 rings (SSSR count). The van der Waals surface area contributed by atoms with Crippen LogP contribution in [0.15, 0.2) is 23.2 Å². The minimum absolute atomic E-state index is 0.117. The quantitative estimate of drug-likeness (QED) is 0.702. The van der Waals surface area contributed by atoms with Gasteiger partial charge in [-0.05, 0) is 11.4 Å². The summed E-state index contributed by atoms with van der Waals surface area (Å²) >= 11 is 1.48. The molecule has 0 saturated heterocycles. The van der Waals surface area contributed by atoms with Gasteiger partial charge in [0, 0.05) is 10.9 Å². The molecule has 0 spiro atoms. The summed E-state index contributed by atoms with van der Waals surface area (Å²) in [6.45, 7) is 0. The lowest BCUT2D eigenvalue weighted by atomic mass is 10.2. The van der Waals surface area contributed by atoms with Crippen LogP contribution in [0.2, 0.25) is 0 Å². The first kappa shape index (κ1) is 7.17. The number of nitrogens with zero attached hydrogens (tertiary/aromatic N) is 2. The van der Waals surface area contributed by atoms with E-state index in [-0.39, 0.29) is 11.6 Å². The molecule has 1 N–H and O–H groups in total. The molecule has 5 heteroatoms. The second-order valence-corrected chi connectivity index (χ2v) is 2.96. The van der Waals surface area contributed by atoms with E-state index in [1.165, 1.54) is 17.7 Å². The van der Waals surface area contributed by atoms with E-state index >= 15 is 0 Å². The Hall–Kier alpha value is -1.49. The fourth-order valence-corrected chi connectivity index (χ4v) is 1.48. The number of thiophene rings is 1. The van der Waals surface area contributed by atoms with Crippen molar-refractivity contribution in [3.63, 3.8) is 0 Å². The van der Waals surface area contributed by atoms with E-state index in [2.05, 4.69) is 15.2 Å². The molecule has 2 aromatic heterocycles. The van der Waals surface area contributed by atoms with Crippen LogP contribution in [0.25, 0.3) is 0 Å². The molecule has 0 bridgehead atoms. The van der Waals surface area contributed by atoms with Gasteiger partial charge < -0.3 is 0 Å². The molecule has 0 radical (unpaired) electrons. The third kappa shape index (κ3) is 1.14. The van der Waals surface area contributed by atoms with Gasteiger partial charge in [0.15, 0.2) is 5.82 Å². The van der Waals surface area contributed by atoms with Crippen LogP contribution in [0.3, 0.4) is 0 Å². The number of H-pyrrole nitrogens is 1. The summed E-state index contributed by atoms with van der Waals surface area (Å²) in [6.07, 6.45) is 1.32. The maximum atomic E-state index is 11.4. The molecule has 0 fully saturated rings. The van der Waals surface area contributed by atoms with E-state index in [1.54, 1.807) is 11.4 Å². The van der Waals surface area contributed by atoms with Crippen LogP contribution < -0.4 is 0 Å². The smallest absolute Gasteiger partial charge is 0.230 e. The van der Waals surface area contributed by atoms with Gasteiger partial charge in [0.05, 0.1) is 0 Å². The number of carbonyl (C=O) groups excluding carboxylic acids is 1. The van der Waals surface area contributed by atoms with E-state index in [1.807, 2.05) is 5.38 Å². The number of aromatic amines is 1. The maximum Gasteiger partial charge on any atom is 0.230 e. The Bertz CT molecular complexity index is 329. The molecule has 0 amide bonds. The van der Waals surface area contributed by atoms with Gasteiger partial charge in [0.1, 0.15) is 6.33 Å². The van der Waals surface area contributed by atoms with Crippen molar-refractivity contribution in [3.8, 4) is 0 Å². The van der Waals surface area contributed by atoms with Crippen LogP contribution in [0.4, 0.5) is 0 Å². The maximum absolute atomic E-state index is 11.4. The van der Waals surface area contributed by atoms with Crippen molar-refractivity contribution in [2.45, 2.75) is 0 Å². The van der Waals surface area contributed by atoms with Crippen molar-refractivity contribution >= 4 is 17.1 Å². The second kappa shape index (κ2) is 2.86. The third-order valence-corrected chi connectivity index (χ3v) is 2.10. The molecule has 2 aromatic rings. The van der Waals surface area contributed by atoms with Crippen molar-refractivity contribution in [2.75, 3.05) is 0 Å². The Kier molecular flexibility index (Phi) is 1.71. The van der Waals surface area contributed by atoms with Crippen LogP contribution >= 0.6 is 11.3 Å². The van der Waals surface area contributed by atoms with Crippen LogP contribution in [-0.4, -0.2) is 21.0 Å². The average molecular weight is 179 g/mol. The summed E-state index contributed by atoms with van der Waals surface area (Å²) < 4.78 is 0. The van der Waals surface area contributed by atoms with Gasteiger partial charge in [-0.1, -0.05) is 0 Å². The summed E-state index contributed by atoms with van der Waals surface area (Å²) in [5.41, 5.74) is 0.650. The molecule has 0 saturated carbocycles. The Labute approximate surface area is 72.3 Å². The standard InChI is InChI=1S/C7H5N3OS/c11-6(5-1-2-12-3-5)7-8-4-9-10-7/h1-4H,(H,8,9,10). The first-order valence-corrected chi connectivity index (χ1v) is 4.24. The fraction of sp³-hybridized carbons (Fsp3) is 0. The summed E-state index contributed by atoms with van der Waals surface area (Å²) in [5, 5.41) is 9.75. The van der Waals surface area contributed by atoms with Crippen molar-refractivity contribution in [1.29, 1.82) is 0 Å². The van der Waals surface area contributed by atoms with Gasteiger partial charge in [-0.3, -0.25) is 9.89 Å². The highest BCUT2D eigenvalue weighted by Crippen LogP contribution is 2.09. The van der Waals surface area contributed by atoms with Crippen LogP contribution in [0, 0.1) is 0 Å². The third-order valence-electron chi connectivity index (χ3n) is 1.41. The van der Waals surface area contributed by atoms with E-state index in [0.717, 1.165) is 0 Å². The van der Waals surface area contributed by atoms with E-state index < -0.39 is 0 Å². The normalized spacial score (nSPS) is 10.0. The minimum Gasteiger partial charge on any atom is -0.285 e. The fourth-order valence-electron chi connectivity index (χ4n) is 0.845. The van der Waals surface area contributed by atoms with Gasteiger partial charge in [-0.15, -0.1) is 0 Å². The lowest BCUT2D eigenvalue weighted by Crippen LogP contribution is -2.01. The second-order valence-electron chi connectivity index (χ2n) is 2.18. The molecule has 0 atom stereocenters. The monoisotopic (exact) mass is 179 g/mol. The summed E-state index contributed by atoms with van der Waals surface area (Å²) in [4.78, 5) is 15.2. The molecule has 0 aliphatic rings. The summed E-state index contributed by atoms with van der Waals surface area (Å²) in [5.74, 6) is 0.169. The van der Waals surface area contributed by atoms with E-state index in [9.17, 15) is 4.79 Å². The lowest BCUT2D eigenvalue weighted by Gasteiger charge is -1.88. The number of rotatable bonds is 2. The van der Waals surface area contributed by atoms with Crippen molar-refractivity contribution < 1.29 is 4.79 Å². The highest BCUT2D eigenvalue weighted by molar-refractivity contribution is 7.08. The molecule has 0 aromatic carbocycles. The number of hydrogen-bond acceptors (Lipinski definition) is 4. The molecule has 0 aliphatic heterocycles. The predicted molar refractivity (Wildman–Crippen MR) is 44.1 cm³/mol. The molecular weight excluding hydrogens is 174 g/mol. The topological polar surface area (TPSA) is 58.6 Å². The Morgan fingerprint density at radius 1 is 1.58 bits per heavy atom. The van der Waals surface area contributed by atoms with E-state index in [4.69, 9.17) is 0 Å². The molecule has 0 aliphatic carbocycles. The summed E-state index contributed by atoms with van der Waals surface area (Å²) in [7, 11) is 0. The van der Waals surface area contributed by atoms with Crippen molar-refractivity contribution in [2.24, 2.45) is 0 Å². The summed E-state index contributed by atoms with van der Waals surface area (Å²) in [6, 6.07) is 1.76. The predicted octanol–water partition coefficient (Wildman–Crippen LogP) is 1.10. The molecule has 0 unspecified atom stereocenters. The number of ketones is 1. The highest BCUT2D eigenvalue weighted by Gasteiger charge is 2.11. The zero-order valence-corrected chi connectivity index (χ0v) is 6.84. The molecule has 2 heterocycles. The lowest BCUT2D eigenvalue weighted by molar-refractivity contribution is 0.103. The van der Waals surface area contributed by atoms with Crippen LogP contribution in [0.5, 0.6) is 0 Å². The molecule has 60 valence electrons. The molecule has 4 nitrogen and oxygen atoms in total. The van der Waals surface area contributed by atoms with Crippen molar-refractivity contribution in [3.05, 3.63) is 34.5 Å². The number of hydrogen-bond donors (Lipinski definition) is 1. The number of nitrogens with one attached hydrogen (secondary N) is 1. The highest BCUT2D eigenvalue weighted by atomic mass is 32.1. The van der Waals surface area contributed by atoms with E-state index in [0.29, 0.717) is 5.56 Å². The average Bonchev–Trinajstić information content (AvgIpc) is 2.77. The number of aromatic nitrogens is 3. The SMILES string of the molecule is O=C(c1ccsc1)c1ncn[nH]1. The zero-order chi connectivity index (χ0) is 8.39. The largest absolute Gasteiger partial charge is 0.285 e. The molecule has 12 heavy (non-hydrogen) atoms. The van der Waals surface area contributed by atoms with Gasteiger partial charge in [0.2, 0.25) is 5.78 Å². The van der Waals surface area contributed by atoms with Crippen LogP contribution in [0.1, 0.15) is 16.2 Å². The number of carbonyl (C=O) groups is 1. The van der Waals surface area contributed by atoms with Gasteiger partial charge in [0.25, 0.3) is 0 Å². The Morgan fingerprint density at radius 3 is 3.08 bits per heavy atom. The van der Waals surface area contributed by atoms with Crippen molar-refractivity contribution in [1.82, 2.24) is 15.2 Å².